The van der Waals surface area contributed by atoms with Gasteiger partial charge in [-0.1, -0.05) is 38.5 Å². The third kappa shape index (κ3) is 3.53. The molecule has 0 saturated heterocycles. The largest absolute Gasteiger partial charge is 0.321 e. The van der Waals surface area contributed by atoms with Crippen LogP contribution in [0.2, 0.25) is 0 Å². The van der Waals surface area contributed by atoms with Crippen LogP contribution < -0.4 is 5.32 Å². The summed E-state index contributed by atoms with van der Waals surface area (Å²) in [6.45, 7) is 8.37. The van der Waals surface area contributed by atoms with Crippen molar-refractivity contribution in [2.24, 2.45) is 0 Å². The van der Waals surface area contributed by atoms with Crippen molar-refractivity contribution < 1.29 is 4.79 Å². The predicted octanol–water partition coefficient (Wildman–Crippen LogP) is 5.13. The van der Waals surface area contributed by atoms with Gasteiger partial charge in [-0.05, 0) is 49.4 Å². The van der Waals surface area contributed by atoms with Gasteiger partial charge >= 0.3 is 0 Å². The van der Waals surface area contributed by atoms with Crippen molar-refractivity contribution >= 4 is 22.9 Å². The van der Waals surface area contributed by atoms with E-state index >= 15 is 0 Å². The first kappa shape index (κ1) is 15.8. The number of carbonyl (C=O) groups is 1. The molecular weight excluding hydrogens is 278 g/mol. The molecule has 112 valence electrons. The third-order valence-electron chi connectivity index (χ3n) is 3.70. The summed E-state index contributed by atoms with van der Waals surface area (Å²) >= 11 is 1.64. The van der Waals surface area contributed by atoms with Gasteiger partial charge in [-0.3, -0.25) is 4.79 Å². The van der Waals surface area contributed by atoms with Crippen molar-refractivity contribution in [3.8, 4) is 0 Å². The van der Waals surface area contributed by atoms with Crippen LogP contribution in [0.4, 0.5) is 5.69 Å². The molecule has 2 aromatic rings. The molecule has 0 spiro atoms. The van der Waals surface area contributed by atoms with Crippen LogP contribution in [0.1, 0.15) is 51.5 Å². The minimum atomic E-state index is 0.00875. The molecule has 3 heteroatoms. The van der Waals surface area contributed by atoms with Crippen molar-refractivity contribution in [1.29, 1.82) is 0 Å². The SMILES string of the molecule is CCCc1sc(C(=O)Nc2c(C)cccc2C)cc1CC. The molecule has 0 atom stereocenters. The van der Waals surface area contributed by atoms with Gasteiger partial charge in [0.15, 0.2) is 0 Å². The molecule has 0 aliphatic heterocycles. The Morgan fingerprint density at radius 1 is 1.19 bits per heavy atom. The molecule has 2 rings (SSSR count). The monoisotopic (exact) mass is 301 g/mol. The number of nitrogens with one attached hydrogen (secondary N) is 1. The van der Waals surface area contributed by atoms with Crippen molar-refractivity contribution in [2.75, 3.05) is 5.32 Å². The van der Waals surface area contributed by atoms with Gasteiger partial charge in [-0.25, -0.2) is 0 Å². The molecule has 0 saturated carbocycles. The van der Waals surface area contributed by atoms with Gasteiger partial charge in [0.25, 0.3) is 5.91 Å². The standard InChI is InChI=1S/C18H23NOS/c1-5-8-15-14(6-2)11-16(21-15)18(20)19-17-12(3)9-7-10-13(17)4/h7,9-11H,5-6,8H2,1-4H3,(H,19,20). The van der Waals surface area contributed by atoms with Crippen molar-refractivity contribution in [3.63, 3.8) is 0 Å². The second-order valence-corrected chi connectivity index (χ2v) is 6.52. The van der Waals surface area contributed by atoms with E-state index in [0.29, 0.717) is 0 Å². The molecule has 0 fully saturated rings. The zero-order chi connectivity index (χ0) is 15.4. The summed E-state index contributed by atoms with van der Waals surface area (Å²) in [6.07, 6.45) is 3.17. The van der Waals surface area contributed by atoms with Crippen molar-refractivity contribution in [2.45, 2.75) is 47.0 Å². The highest BCUT2D eigenvalue weighted by Crippen LogP contribution is 2.27. The Balaban J connectivity index is 2.24. The van der Waals surface area contributed by atoms with E-state index in [1.54, 1.807) is 11.3 Å². The Hall–Kier alpha value is -1.61. The van der Waals surface area contributed by atoms with Gasteiger partial charge in [0.05, 0.1) is 4.88 Å². The first-order chi connectivity index (χ1) is 10.1. The Morgan fingerprint density at radius 2 is 1.86 bits per heavy atom. The van der Waals surface area contributed by atoms with Gasteiger partial charge in [-0.2, -0.15) is 0 Å². The Labute approximate surface area is 131 Å². The molecule has 1 heterocycles. The molecular formula is C18H23NOS. The normalized spacial score (nSPS) is 10.7. The summed E-state index contributed by atoms with van der Waals surface area (Å²) in [5.41, 5.74) is 4.45. The van der Waals surface area contributed by atoms with Gasteiger partial charge < -0.3 is 5.32 Å². The number of para-hydroxylation sites is 1. The fourth-order valence-corrected chi connectivity index (χ4v) is 3.75. The van der Waals surface area contributed by atoms with E-state index in [-0.39, 0.29) is 5.91 Å². The minimum absolute atomic E-state index is 0.00875. The highest BCUT2D eigenvalue weighted by atomic mass is 32.1. The third-order valence-corrected chi connectivity index (χ3v) is 4.93. The molecule has 0 aliphatic rings. The number of hydrogen-bond acceptors (Lipinski definition) is 2. The van der Waals surface area contributed by atoms with Crippen LogP contribution in [0, 0.1) is 13.8 Å². The molecule has 1 amide bonds. The Kier molecular flexibility index (Phi) is 5.18. The molecule has 0 unspecified atom stereocenters. The number of carbonyl (C=O) groups excluding carboxylic acids is 1. The number of thiophene rings is 1. The van der Waals surface area contributed by atoms with Gasteiger partial charge in [0.2, 0.25) is 0 Å². The Bertz CT molecular complexity index is 622. The fourth-order valence-electron chi connectivity index (χ4n) is 2.50. The number of aryl methyl sites for hydroxylation is 4. The van der Waals surface area contributed by atoms with E-state index in [9.17, 15) is 4.79 Å². The average molecular weight is 301 g/mol. The highest BCUT2D eigenvalue weighted by molar-refractivity contribution is 7.14. The van der Waals surface area contributed by atoms with Gasteiger partial charge in [0.1, 0.15) is 0 Å². The molecule has 0 radical (unpaired) electrons. The zero-order valence-electron chi connectivity index (χ0n) is 13.2. The first-order valence-electron chi connectivity index (χ1n) is 7.56. The molecule has 0 bridgehead atoms. The second-order valence-electron chi connectivity index (χ2n) is 5.38. The van der Waals surface area contributed by atoms with E-state index < -0.39 is 0 Å². The lowest BCUT2D eigenvalue weighted by Gasteiger charge is -2.10. The molecule has 1 N–H and O–H groups in total. The van der Waals surface area contributed by atoms with Crippen LogP contribution in [0.25, 0.3) is 0 Å². The van der Waals surface area contributed by atoms with Crippen LogP contribution >= 0.6 is 11.3 Å². The maximum Gasteiger partial charge on any atom is 0.265 e. The quantitative estimate of drug-likeness (QED) is 0.814. The summed E-state index contributed by atoms with van der Waals surface area (Å²) < 4.78 is 0. The van der Waals surface area contributed by atoms with E-state index in [1.165, 1.54) is 10.4 Å². The first-order valence-corrected chi connectivity index (χ1v) is 8.37. The van der Waals surface area contributed by atoms with Crippen LogP contribution in [-0.4, -0.2) is 5.91 Å². The zero-order valence-corrected chi connectivity index (χ0v) is 14.1. The van der Waals surface area contributed by atoms with Crippen LogP contribution in [0.15, 0.2) is 24.3 Å². The van der Waals surface area contributed by atoms with E-state index in [4.69, 9.17) is 0 Å². The number of anilines is 1. The number of amides is 1. The van der Waals surface area contributed by atoms with Gasteiger partial charge in [0, 0.05) is 10.6 Å². The average Bonchev–Trinajstić information content (AvgIpc) is 2.86. The molecule has 1 aromatic carbocycles. The number of benzene rings is 1. The van der Waals surface area contributed by atoms with Crippen LogP contribution in [0.5, 0.6) is 0 Å². The number of hydrogen-bond donors (Lipinski definition) is 1. The summed E-state index contributed by atoms with van der Waals surface area (Å²) in [6, 6.07) is 8.12. The smallest absolute Gasteiger partial charge is 0.265 e. The van der Waals surface area contributed by atoms with Crippen molar-refractivity contribution in [1.82, 2.24) is 0 Å². The van der Waals surface area contributed by atoms with Crippen molar-refractivity contribution in [3.05, 3.63) is 50.7 Å². The maximum absolute atomic E-state index is 12.5. The summed E-state index contributed by atoms with van der Waals surface area (Å²) in [4.78, 5) is 14.7. The summed E-state index contributed by atoms with van der Waals surface area (Å²) in [5, 5.41) is 3.07. The lowest BCUT2D eigenvalue weighted by Crippen LogP contribution is -2.12. The number of rotatable bonds is 5. The molecule has 2 nitrogen and oxygen atoms in total. The molecule has 21 heavy (non-hydrogen) atoms. The van der Waals surface area contributed by atoms with Crippen LogP contribution in [0.3, 0.4) is 0 Å². The van der Waals surface area contributed by atoms with E-state index in [2.05, 4.69) is 25.2 Å². The summed E-state index contributed by atoms with van der Waals surface area (Å²) in [5.74, 6) is 0.00875. The Morgan fingerprint density at radius 3 is 2.43 bits per heavy atom. The topological polar surface area (TPSA) is 29.1 Å². The minimum Gasteiger partial charge on any atom is -0.321 e. The maximum atomic E-state index is 12.5. The van der Waals surface area contributed by atoms with E-state index in [0.717, 1.165) is 41.0 Å². The van der Waals surface area contributed by atoms with Crippen LogP contribution in [-0.2, 0) is 12.8 Å². The fraction of sp³-hybridized carbons (Fsp3) is 0.389. The second kappa shape index (κ2) is 6.90. The highest BCUT2D eigenvalue weighted by Gasteiger charge is 2.15. The van der Waals surface area contributed by atoms with E-state index in [1.807, 2.05) is 32.0 Å². The van der Waals surface area contributed by atoms with Gasteiger partial charge in [-0.15, -0.1) is 11.3 Å². The lowest BCUT2D eigenvalue weighted by atomic mass is 10.1. The predicted molar refractivity (Wildman–Crippen MR) is 91.6 cm³/mol. The molecule has 0 aliphatic carbocycles. The molecule has 1 aromatic heterocycles. The summed E-state index contributed by atoms with van der Waals surface area (Å²) in [7, 11) is 0. The lowest BCUT2D eigenvalue weighted by molar-refractivity contribution is 0.103.